The van der Waals surface area contributed by atoms with Crippen LogP contribution in [-0.2, 0) is 6.42 Å². The summed E-state index contributed by atoms with van der Waals surface area (Å²) in [6, 6.07) is 3.29. The maximum atomic E-state index is 12.6. The van der Waals surface area contributed by atoms with E-state index in [1.165, 1.54) is 12.1 Å². The standard InChI is InChI=1S/C20H23N5O6/c1-11-17-14(6-5-7-16(17)31-18(11)19(26)21-20(2,3)4)23-22-13-9-8-12(24(27)28)10-15(13)25(29)30/h8-10,22H,5-7H2,1-4H3,(H,21,26)/b23-14+. The van der Waals surface area contributed by atoms with Crippen molar-refractivity contribution in [1.29, 1.82) is 0 Å². The molecule has 0 unspecified atom stereocenters. The number of non-ortho nitro benzene ring substituents is 1. The second-order valence-corrected chi connectivity index (χ2v) is 8.30. The molecule has 1 heterocycles. The maximum Gasteiger partial charge on any atom is 0.301 e. The first-order chi connectivity index (χ1) is 14.5. The number of furan rings is 1. The Kier molecular flexibility index (Phi) is 5.78. The highest BCUT2D eigenvalue weighted by molar-refractivity contribution is 6.06. The number of benzene rings is 1. The van der Waals surface area contributed by atoms with Crippen molar-refractivity contribution < 1.29 is 19.1 Å². The fraction of sp³-hybridized carbons (Fsp3) is 0.400. The molecule has 2 aromatic rings. The number of carbonyl (C=O) groups is 1. The van der Waals surface area contributed by atoms with Gasteiger partial charge in [0.15, 0.2) is 5.76 Å². The van der Waals surface area contributed by atoms with Crippen molar-refractivity contribution in [3.8, 4) is 0 Å². The Morgan fingerprint density at radius 2 is 1.87 bits per heavy atom. The zero-order chi connectivity index (χ0) is 22.9. The van der Waals surface area contributed by atoms with Gasteiger partial charge in [-0.15, -0.1) is 0 Å². The molecule has 11 heteroatoms. The molecule has 1 aromatic heterocycles. The zero-order valence-corrected chi connectivity index (χ0v) is 17.6. The van der Waals surface area contributed by atoms with Gasteiger partial charge in [-0.2, -0.15) is 5.10 Å². The molecule has 0 saturated carbocycles. The number of fused-ring (bicyclic) bond motifs is 1. The lowest BCUT2D eigenvalue weighted by molar-refractivity contribution is -0.393. The average molecular weight is 429 g/mol. The van der Waals surface area contributed by atoms with Gasteiger partial charge in [0.1, 0.15) is 11.4 Å². The topological polar surface area (TPSA) is 153 Å². The number of amides is 1. The molecule has 31 heavy (non-hydrogen) atoms. The van der Waals surface area contributed by atoms with E-state index in [-0.39, 0.29) is 23.0 Å². The summed E-state index contributed by atoms with van der Waals surface area (Å²) in [4.78, 5) is 33.4. The highest BCUT2D eigenvalue weighted by Gasteiger charge is 2.29. The number of nitrogens with zero attached hydrogens (tertiary/aromatic N) is 3. The van der Waals surface area contributed by atoms with E-state index in [1.807, 2.05) is 20.8 Å². The van der Waals surface area contributed by atoms with Crippen molar-refractivity contribution in [2.45, 2.75) is 52.5 Å². The highest BCUT2D eigenvalue weighted by atomic mass is 16.6. The highest BCUT2D eigenvalue weighted by Crippen LogP contribution is 2.32. The number of nitrogens with one attached hydrogen (secondary N) is 2. The molecule has 0 atom stereocenters. The van der Waals surface area contributed by atoms with Crippen LogP contribution in [0.2, 0.25) is 0 Å². The Bertz CT molecular complexity index is 1100. The molecule has 1 aliphatic carbocycles. The van der Waals surface area contributed by atoms with E-state index in [0.717, 1.165) is 12.5 Å². The van der Waals surface area contributed by atoms with Gasteiger partial charge >= 0.3 is 5.69 Å². The van der Waals surface area contributed by atoms with Crippen LogP contribution in [0.5, 0.6) is 0 Å². The number of hydrazone groups is 1. The van der Waals surface area contributed by atoms with Crippen molar-refractivity contribution in [2.75, 3.05) is 5.43 Å². The molecule has 164 valence electrons. The summed E-state index contributed by atoms with van der Waals surface area (Å²) in [6.45, 7) is 7.39. The van der Waals surface area contributed by atoms with Gasteiger partial charge in [-0.25, -0.2) is 0 Å². The summed E-state index contributed by atoms with van der Waals surface area (Å²) >= 11 is 0. The molecule has 0 spiro atoms. The number of aryl methyl sites for hydroxylation is 1. The van der Waals surface area contributed by atoms with Crippen LogP contribution in [0, 0.1) is 27.2 Å². The van der Waals surface area contributed by atoms with Gasteiger partial charge in [-0.05, 0) is 46.6 Å². The van der Waals surface area contributed by atoms with E-state index < -0.39 is 21.1 Å². The van der Waals surface area contributed by atoms with Gasteiger partial charge in [0.2, 0.25) is 0 Å². The quantitative estimate of drug-likeness (QED) is 0.536. The van der Waals surface area contributed by atoms with Crippen LogP contribution in [0.4, 0.5) is 17.1 Å². The Labute approximate surface area is 177 Å². The SMILES string of the molecule is Cc1c(C(=O)NC(C)(C)C)oc2c1/C(=N/Nc1ccc([N+](=O)[O-])cc1[N+](=O)[O-])CCC2. The van der Waals surface area contributed by atoms with Gasteiger partial charge in [-0.3, -0.25) is 30.4 Å². The molecule has 0 bridgehead atoms. The van der Waals surface area contributed by atoms with Crippen LogP contribution in [0.15, 0.2) is 27.7 Å². The molecule has 3 rings (SSSR count). The van der Waals surface area contributed by atoms with Crippen LogP contribution in [0.25, 0.3) is 0 Å². The van der Waals surface area contributed by atoms with Crippen molar-refractivity contribution in [2.24, 2.45) is 5.10 Å². The molecule has 0 aliphatic heterocycles. The number of nitro benzene ring substituents is 2. The second-order valence-electron chi connectivity index (χ2n) is 8.30. The Morgan fingerprint density at radius 1 is 1.16 bits per heavy atom. The zero-order valence-electron chi connectivity index (χ0n) is 17.6. The molecular weight excluding hydrogens is 406 g/mol. The average Bonchev–Trinajstić information content (AvgIpc) is 3.02. The van der Waals surface area contributed by atoms with E-state index in [0.29, 0.717) is 35.4 Å². The number of rotatable bonds is 5. The van der Waals surface area contributed by atoms with Crippen molar-refractivity contribution in [3.63, 3.8) is 0 Å². The second kappa shape index (κ2) is 8.17. The van der Waals surface area contributed by atoms with E-state index in [2.05, 4.69) is 15.8 Å². The molecule has 1 aliphatic rings. The fourth-order valence-electron chi connectivity index (χ4n) is 3.40. The minimum atomic E-state index is -0.708. The van der Waals surface area contributed by atoms with Gasteiger partial charge in [-0.1, -0.05) is 0 Å². The third-order valence-corrected chi connectivity index (χ3v) is 4.72. The first-order valence-electron chi connectivity index (χ1n) is 9.68. The minimum absolute atomic E-state index is 0.0297. The van der Waals surface area contributed by atoms with Crippen LogP contribution in [0.3, 0.4) is 0 Å². The third kappa shape index (κ3) is 4.71. The molecule has 11 nitrogen and oxygen atoms in total. The van der Waals surface area contributed by atoms with Crippen LogP contribution >= 0.6 is 0 Å². The van der Waals surface area contributed by atoms with E-state index in [4.69, 9.17) is 4.42 Å². The smallest absolute Gasteiger partial charge is 0.301 e. The van der Waals surface area contributed by atoms with Crippen LogP contribution in [-0.4, -0.2) is 27.0 Å². The lowest BCUT2D eigenvalue weighted by atomic mass is 9.93. The molecule has 0 saturated heterocycles. The first kappa shape index (κ1) is 21.9. The Hall–Kier alpha value is -3.76. The number of carbonyl (C=O) groups excluding carboxylic acids is 1. The molecular formula is C20H23N5O6. The number of anilines is 1. The molecule has 2 N–H and O–H groups in total. The molecule has 0 radical (unpaired) electrons. The predicted molar refractivity (Wildman–Crippen MR) is 114 cm³/mol. The largest absolute Gasteiger partial charge is 0.455 e. The summed E-state index contributed by atoms with van der Waals surface area (Å²) in [5.41, 5.74) is 3.38. The van der Waals surface area contributed by atoms with Gasteiger partial charge in [0.25, 0.3) is 11.6 Å². The lowest BCUT2D eigenvalue weighted by Gasteiger charge is -2.19. The third-order valence-electron chi connectivity index (χ3n) is 4.72. The molecule has 0 fully saturated rings. The summed E-state index contributed by atoms with van der Waals surface area (Å²) in [7, 11) is 0. The van der Waals surface area contributed by atoms with Gasteiger partial charge in [0.05, 0.1) is 21.6 Å². The van der Waals surface area contributed by atoms with Crippen molar-refractivity contribution >= 4 is 28.7 Å². The summed E-state index contributed by atoms with van der Waals surface area (Å²) < 4.78 is 5.83. The normalized spacial score (nSPS) is 14.8. The molecule has 1 amide bonds. The van der Waals surface area contributed by atoms with Crippen LogP contribution in [0.1, 0.15) is 61.1 Å². The molecule has 1 aromatic carbocycles. The van der Waals surface area contributed by atoms with E-state index in [9.17, 15) is 25.0 Å². The monoisotopic (exact) mass is 429 g/mol. The first-order valence-corrected chi connectivity index (χ1v) is 9.68. The van der Waals surface area contributed by atoms with Gasteiger partial charge < -0.3 is 9.73 Å². The summed E-state index contributed by atoms with van der Waals surface area (Å²) in [5, 5.41) is 29.4. The Balaban J connectivity index is 1.94. The fourth-order valence-corrected chi connectivity index (χ4v) is 3.40. The number of nitro groups is 2. The summed E-state index contributed by atoms with van der Waals surface area (Å²) in [6.07, 6.45) is 1.97. The van der Waals surface area contributed by atoms with E-state index in [1.54, 1.807) is 6.92 Å². The number of hydrogen-bond donors (Lipinski definition) is 2. The van der Waals surface area contributed by atoms with E-state index >= 15 is 0 Å². The Morgan fingerprint density at radius 3 is 2.48 bits per heavy atom. The maximum absolute atomic E-state index is 12.6. The minimum Gasteiger partial charge on any atom is -0.455 e. The number of hydrogen-bond acceptors (Lipinski definition) is 8. The van der Waals surface area contributed by atoms with Crippen LogP contribution < -0.4 is 10.7 Å². The van der Waals surface area contributed by atoms with Crippen molar-refractivity contribution in [3.05, 3.63) is 61.1 Å². The lowest BCUT2D eigenvalue weighted by Crippen LogP contribution is -2.40. The van der Waals surface area contributed by atoms with Crippen molar-refractivity contribution in [1.82, 2.24) is 5.32 Å². The summed E-state index contributed by atoms with van der Waals surface area (Å²) in [5.74, 6) is 0.537. The van der Waals surface area contributed by atoms with Gasteiger partial charge in [0, 0.05) is 29.2 Å². The predicted octanol–water partition coefficient (Wildman–Crippen LogP) is 4.09.